The highest BCUT2D eigenvalue weighted by Gasteiger charge is 2.07. The third-order valence-electron chi connectivity index (χ3n) is 2.67. The molecule has 0 aliphatic carbocycles. The molecule has 0 saturated heterocycles. The highest BCUT2D eigenvalue weighted by Crippen LogP contribution is 2.29. The van der Waals surface area contributed by atoms with E-state index in [-0.39, 0.29) is 0 Å². The smallest absolute Gasteiger partial charge is 0.263 e. The number of ether oxygens (including phenoxy) is 2. The Labute approximate surface area is 116 Å². The van der Waals surface area contributed by atoms with Crippen molar-refractivity contribution in [1.29, 1.82) is 0 Å². The van der Waals surface area contributed by atoms with E-state index in [2.05, 4.69) is 20.7 Å². The first kappa shape index (κ1) is 13.7. The van der Waals surface area contributed by atoms with E-state index in [0.717, 1.165) is 5.56 Å². The molecule has 3 N–H and O–H groups in total. The Balaban J connectivity index is 2.17. The third-order valence-corrected chi connectivity index (χ3v) is 2.67. The van der Waals surface area contributed by atoms with Crippen molar-refractivity contribution in [1.82, 2.24) is 14.9 Å². The summed E-state index contributed by atoms with van der Waals surface area (Å²) in [5.41, 5.74) is 3.47. The number of aryl methyl sites for hydroxylation is 1. The van der Waals surface area contributed by atoms with Gasteiger partial charge in [0.2, 0.25) is 0 Å². The van der Waals surface area contributed by atoms with Crippen molar-refractivity contribution in [2.75, 3.05) is 25.5 Å². The lowest BCUT2D eigenvalue weighted by Crippen LogP contribution is -2.13. The summed E-state index contributed by atoms with van der Waals surface area (Å²) in [6, 6.07) is 5.51. The number of nitrogens with one attached hydrogen (secondary N) is 1. The van der Waals surface area contributed by atoms with Gasteiger partial charge in [-0.25, -0.2) is 10.1 Å². The quantitative estimate of drug-likeness (QED) is 0.475. The van der Waals surface area contributed by atoms with Crippen molar-refractivity contribution in [3.05, 3.63) is 29.6 Å². The van der Waals surface area contributed by atoms with E-state index in [0.29, 0.717) is 23.3 Å². The van der Waals surface area contributed by atoms with Crippen molar-refractivity contribution >= 4 is 12.2 Å². The maximum atomic E-state index is 5.69. The molecule has 1 aromatic carbocycles. The minimum absolute atomic E-state index is 0.348. The van der Waals surface area contributed by atoms with E-state index in [1.807, 2.05) is 18.2 Å². The molecule has 20 heavy (non-hydrogen) atoms. The van der Waals surface area contributed by atoms with Gasteiger partial charge in [-0.2, -0.15) is 5.10 Å². The number of nitrogens with two attached hydrogens (primary N) is 1. The molecule has 8 nitrogen and oxygen atoms in total. The number of hydrogen-bond donors (Lipinski definition) is 2. The number of para-hydroxylation sites is 1. The zero-order valence-electron chi connectivity index (χ0n) is 11.5. The van der Waals surface area contributed by atoms with Gasteiger partial charge < -0.3 is 15.3 Å². The summed E-state index contributed by atoms with van der Waals surface area (Å²) in [6.45, 7) is 1.74. The predicted molar refractivity (Wildman–Crippen MR) is 75.7 cm³/mol. The van der Waals surface area contributed by atoms with Crippen LogP contribution >= 0.6 is 0 Å². The number of rotatable bonds is 5. The Hall–Kier alpha value is -2.77. The first-order chi connectivity index (χ1) is 9.67. The molecule has 1 heterocycles. The van der Waals surface area contributed by atoms with Crippen LogP contribution in [0.15, 0.2) is 23.3 Å². The van der Waals surface area contributed by atoms with Gasteiger partial charge in [0.1, 0.15) is 0 Å². The molecular weight excluding hydrogens is 260 g/mol. The molecule has 0 unspecified atom stereocenters. The summed E-state index contributed by atoms with van der Waals surface area (Å²) in [5, 5.41) is 11.7. The lowest BCUT2D eigenvalue weighted by Gasteiger charge is -2.09. The van der Waals surface area contributed by atoms with Crippen LogP contribution in [0, 0.1) is 6.92 Å². The average molecular weight is 276 g/mol. The molecule has 0 aliphatic heterocycles. The van der Waals surface area contributed by atoms with E-state index in [1.54, 1.807) is 27.4 Å². The summed E-state index contributed by atoms with van der Waals surface area (Å²) < 4.78 is 11.8. The Morgan fingerprint density at radius 2 is 2.10 bits per heavy atom. The Bertz CT molecular complexity index is 622. The van der Waals surface area contributed by atoms with Crippen LogP contribution in [0.25, 0.3) is 0 Å². The van der Waals surface area contributed by atoms with Gasteiger partial charge in [0.15, 0.2) is 17.3 Å². The van der Waals surface area contributed by atoms with Crippen LogP contribution in [-0.4, -0.2) is 35.3 Å². The van der Waals surface area contributed by atoms with Crippen molar-refractivity contribution in [3.8, 4) is 11.5 Å². The molecule has 1 aromatic heterocycles. The van der Waals surface area contributed by atoms with Crippen molar-refractivity contribution in [2.24, 2.45) is 5.10 Å². The molecule has 106 valence electrons. The lowest BCUT2D eigenvalue weighted by atomic mass is 10.2. The second kappa shape index (κ2) is 5.91. The van der Waals surface area contributed by atoms with Crippen LogP contribution in [0.1, 0.15) is 11.4 Å². The van der Waals surface area contributed by atoms with E-state index < -0.39 is 0 Å². The topological polar surface area (TPSA) is 99.6 Å². The van der Waals surface area contributed by atoms with Gasteiger partial charge in [-0.15, -0.1) is 10.2 Å². The number of nitrogens with zero attached hydrogens (tertiary/aromatic N) is 4. The normalized spacial score (nSPS) is 10.8. The first-order valence-corrected chi connectivity index (χ1v) is 5.84. The fourth-order valence-corrected chi connectivity index (χ4v) is 1.62. The average Bonchev–Trinajstić information content (AvgIpc) is 2.79. The van der Waals surface area contributed by atoms with Gasteiger partial charge >= 0.3 is 0 Å². The summed E-state index contributed by atoms with van der Waals surface area (Å²) in [7, 11) is 3.15. The van der Waals surface area contributed by atoms with Crippen LogP contribution < -0.4 is 20.7 Å². The van der Waals surface area contributed by atoms with Crippen LogP contribution in [-0.2, 0) is 0 Å². The number of hydrazone groups is 1. The zero-order chi connectivity index (χ0) is 14.5. The number of benzene rings is 1. The fraction of sp³-hybridized carbons (Fsp3) is 0.250. The number of aromatic nitrogens is 3. The van der Waals surface area contributed by atoms with E-state index in [1.165, 1.54) is 4.68 Å². The second-order valence-electron chi connectivity index (χ2n) is 3.89. The van der Waals surface area contributed by atoms with Gasteiger partial charge in [0.25, 0.3) is 5.95 Å². The van der Waals surface area contributed by atoms with Gasteiger partial charge in [0.05, 0.1) is 20.4 Å². The van der Waals surface area contributed by atoms with Crippen LogP contribution in [0.4, 0.5) is 5.95 Å². The molecule has 0 spiro atoms. The Morgan fingerprint density at radius 3 is 2.70 bits per heavy atom. The van der Waals surface area contributed by atoms with Crippen molar-refractivity contribution < 1.29 is 9.47 Å². The van der Waals surface area contributed by atoms with Gasteiger partial charge in [-0.1, -0.05) is 6.07 Å². The first-order valence-electron chi connectivity index (χ1n) is 5.84. The molecule has 2 rings (SSSR count). The molecule has 0 bridgehead atoms. The monoisotopic (exact) mass is 276 g/mol. The molecule has 0 radical (unpaired) electrons. The van der Waals surface area contributed by atoms with E-state index >= 15 is 0 Å². The van der Waals surface area contributed by atoms with E-state index in [4.69, 9.17) is 15.3 Å². The predicted octanol–water partition coefficient (Wildman–Crippen LogP) is 0.764. The SMILES string of the molecule is COc1cccc(/C=N\Nc2nnc(C)n2N)c1OC. The maximum Gasteiger partial charge on any atom is 0.263 e. The highest BCUT2D eigenvalue weighted by molar-refractivity contribution is 5.85. The van der Waals surface area contributed by atoms with Crippen LogP contribution in [0.2, 0.25) is 0 Å². The van der Waals surface area contributed by atoms with Crippen LogP contribution in [0.3, 0.4) is 0 Å². The lowest BCUT2D eigenvalue weighted by molar-refractivity contribution is 0.354. The van der Waals surface area contributed by atoms with Gasteiger partial charge in [0, 0.05) is 5.56 Å². The molecule has 0 aliphatic rings. The minimum atomic E-state index is 0.348. The number of hydrogen-bond acceptors (Lipinski definition) is 7. The summed E-state index contributed by atoms with van der Waals surface area (Å²) >= 11 is 0. The van der Waals surface area contributed by atoms with E-state index in [9.17, 15) is 0 Å². The molecule has 2 aromatic rings. The summed E-state index contributed by atoms with van der Waals surface area (Å²) in [4.78, 5) is 0. The number of methoxy groups -OCH3 is 2. The van der Waals surface area contributed by atoms with Crippen molar-refractivity contribution in [2.45, 2.75) is 6.92 Å². The fourth-order valence-electron chi connectivity index (χ4n) is 1.62. The molecular formula is C12H16N6O2. The zero-order valence-corrected chi connectivity index (χ0v) is 11.5. The number of anilines is 1. The molecule has 0 saturated carbocycles. The second-order valence-corrected chi connectivity index (χ2v) is 3.89. The minimum Gasteiger partial charge on any atom is -0.493 e. The molecule has 0 amide bonds. The Morgan fingerprint density at radius 1 is 1.30 bits per heavy atom. The summed E-state index contributed by atoms with van der Waals surface area (Å²) in [6.07, 6.45) is 1.59. The molecule has 8 heteroatoms. The van der Waals surface area contributed by atoms with Crippen LogP contribution in [0.5, 0.6) is 11.5 Å². The van der Waals surface area contributed by atoms with Gasteiger partial charge in [-0.05, 0) is 19.1 Å². The summed E-state index contributed by atoms with van der Waals surface area (Å²) in [5.74, 6) is 7.86. The standard InChI is InChI=1S/C12H16N6O2/c1-8-15-17-12(18(8)13)16-14-7-9-5-4-6-10(19-2)11(9)20-3/h4-7H,13H2,1-3H3,(H,16,17)/b14-7-. The highest BCUT2D eigenvalue weighted by atomic mass is 16.5. The third kappa shape index (κ3) is 2.63. The van der Waals surface area contributed by atoms with Gasteiger partial charge in [-0.3, -0.25) is 0 Å². The number of nitrogen functional groups attached to an aromatic ring is 1. The Kier molecular flexibility index (Phi) is 4.04. The maximum absolute atomic E-state index is 5.69. The molecule has 0 atom stereocenters. The largest absolute Gasteiger partial charge is 0.493 e. The molecule has 0 fully saturated rings. The van der Waals surface area contributed by atoms with Crippen molar-refractivity contribution in [3.63, 3.8) is 0 Å².